The molecule has 2 aromatic rings. The third-order valence-corrected chi connectivity index (χ3v) is 2.88. The Morgan fingerprint density at radius 1 is 1.17 bits per heavy atom. The summed E-state index contributed by atoms with van der Waals surface area (Å²) in [6.07, 6.45) is -4.59. The Labute approximate surface area is 107 Å². The maximum Gasteiger partial charge on any atom is 0.451 e. The molecule has 1 aromatic carbocycles. The quantitative estimate of drug-likeness (QED) is 0.719. The Balaban J connectivity index is 2.66. The maximum absolute atomic E-state index is 12.5. The minimum absolute atomic E-state index is 0.171. The van der Waals surface area contributed by atoms with Crippen LogP contribution in [0.25, 0.3) is 10.9 Å². The van der Waals surface area contributed by atoms with Gasteiger partial charge < -0.3 is 0 Å². The fourth-order valence-corrected chi connectivity index (χ4v) is 1.83. The van der Waals surface area contributed by atoms with E-state index in [1.54, 1.807) is 12.1 Å². The zero-order valence-electron chi connectivity index (χ0n) is 9.72. The van der Waals surface area contributed by atoms with E-state index in [1.165, 1.54) is 6.07 Å². The molecular weight excluding hydrogens is 265 g/mol. The van der Waals surface area contributed by atoms with Gasteiger partial charge in [-0.1, -0.05) is 31.5 Å². The highest BCUT2D eigenvalue weighted by atomic mass is 35.5. The summed E-state index contributed by atoms with van der Waals surface area (Å²) < 4.78 is 37.6. The van der Waals surface area contributed by atoms with Crippen molar-refractivity contribution in [1.82, 2.24) is 9.97 Å². The lowest BCUT2D eigenvalue weighted by Gasteiger charge is -2.10. The van der Waals surface area contributed by atoms with Crippen molar-refractivity contribution in [1.29, 1.82) is 0 Å². The molecule has 18 heavy (non-hydrogen) atoms. The zero-order valence-corrected chi connectivity index (χ0v) is 10.5. The summed E-state index contributed by atoms with van der Waals surface area (Å²) in [5.74, 6) is -0.954. The van der Waals surface area contributed by atoms with Gasteiger partial charge in [-0.25, -0.2) is 9.97 Å². The van der Waals surface area contributed by atoms with E-state index in [-0.39, 0.29) is 16.6 Å². The van der Waals surface area contributed by atoms with Gasteiger partial charge in [-0.2, -0.15) is 13.2 Å². The van der Waals surface area contributed by atoms with Gasteiger partial charge in [0, 0.05) is 5.39 Å². The van der Waals surface area contributed by atoms with Crippen LogP contribution in [0, 0.1) is 0 Å². The molecule has 2 nitrogen and oxygen atoms in total. The first kappa shape index (κ1) is 13.1. The molecule has 0 radical (unpaired) electrons. The Morgan fingerprint density at radius 2 is 1.83 bits per heavy atom. The molecule has 2 rings (SSSR count). The van der Waals surface area contributed by atoms with Gasteiger partial charge in [0.25, 0.3) is 0 Å². The first-order valence-corrected chi connectivity index (χ1v) is 5.71. The minimum Gasteiger partial charge on any atom is -0.224 e. The van der Waals surface area contributed by atoms with Gasteiger partial charge in [-0.05, 0) is 23.6 Å². The van der Waals surface area contributed by atoms with E-state index in [1.807, 2.05) is 13.8 Å². The predicted octanol–water partition coefficient (Wildman–Crippen LogP) is 4.43. The molecule has 0 amide bonds. The number of nitrogens with zero attached hydrogens (tertiary/aromatic N) is 2. The number of aromatic nitrogens is 2. The van der Waals surface area contributed by atoms with Gasteiger partial charge in [-0.3, -0.25) is 0 Å². The number of halogens is 4. The van der Waals surface area contributed by atoms with E-state index >= 15 is 0 Å². The number of rotatable bonds is 1. The van der Waals surface area contributed by atoms with E-state index in [9.17, 15) is 13.2 Å². The molecule has 0 aliphatic rings. The fourth-order valence-electron chi connectivity index (χ4n) is 1.59. The van der Waals surface area contributed by atoms with Crippen LogP contribution in [0.3, 0.4) is 0 Å². The zero-order chi connectivity index (χ0) is 13.5. The first-order valence-electron chi connectivity index (χ1n) is 5.33. The SMILES string of the molecule is CC(C)c1ccc2nc(C(F)(F)F)nc(Cl)c2c1. The molecule has 0 unspecified atom stereocenters. The summed E-state index contributed by atoms with van der Waals surface area (Å²) >= 11 is 5.79. The summed E-state index contributed by atoms with van der Waals surface area (Å²) in [5, 5.41) is 0.269. The average Bonchev–Trinajstić information content (AvgIpc) is 2.27. The normalized spacial score (nSPS) is 12.4. The van der Waals surface area contributed by atoms with Gasteiger partial charge in [0.2, 0.25) is 5.82 Å². The van der Waals surface area contributed by atoms with Crippen molar-refractivity contribution < 1.29 is 13.2 Å². The molecule has 0 atom stereocenters. The Hall–Kier alpha value is -1.36. The number of alkyl halides is 3. The van der Waals surface area contributed by atoms with Crippen LogP contribution in [-0.2, 0) is 6.18 Å². The second-order valence-corrected chi connectivity index (χ2v) is 4.63. The van der Waals surface area contributed by atoms with Crippen LogP contribution >= 0.6 is 11.6 Å². The summed E-state index contributed by atoms with van der Waals surface area (Å²) in [7, 11) is 0. The Bertz CT molecular complexity index is 594. The van der Waals surface area contributed by atoms with Crippen LogP contribution in [0.5, 0.6) is 0 Å². The van der Waals surface area contributed by atoms with Crippen LogP contribution in [0.15, 0.2) is 18.2 Å². The summed E-state index contributed by atoms with van der Waals surface area (Å²) in [5.41, 5.74) is 1.18. The topological polar surface area (TPSA) is 25.8 Å². The highest BCUT2D eigenvalue weighted by Gasteiger charge is 2.35. The molecule has 1 heterocycles. The lowest BCUT2D eigenvalue weighted by Crippen LogP contribution is -2.11. The molecule has 1 aromatic heterocycles. The molecule has 0 bridgehead atoms. The average molecular weight is 275 g/mol. The van der Waals surface area contributed by atoms with Crippen LogP contribution in [0.1, 0.15) is 31.2 Å². The Kier molecular flexibility index (Phi) is 3.19. The number of benzene rings is 1. The largest absolute Gasteiger partial charge is 0.451 e. The molecule has 0 aliphatic heterocycles. The third-order valence-electron chi connectivity index (χ3n) is 2.59. The highest BCUT2D eigenvalue weighted by molar-refractivity contribution is 6.34. The third kappa shape index (κ3) is 2.41. The lowest BCUT2D eigenvalue weighted by molar-refractivity contribution is -0.144. The van der Waals surface area contributed by atoms with E-state index in [4.69, 9.17) is 11.6 Å². The van der Waals surface area contributed by atoms with Crippen molar-refractivity contribution in [3.63, 3.8) is 0 Å². The highest BCUT2D eigenvalue weighted by Crippen LogP contribution is 2.31. The second-order valence-electron chi connectivity index (χ2n) is 4.27. The molecule has 0 spiro atoms. The van der Waals surface area contributed by atoms with E-state index < -0.39 is 12.0 Å². The van der Waals surface area contributed by atoms with Gasteiger partial charge in [0.05, 0.1) is 5.52 Å². The monoisotopic (exact) mass is 274 g/mol. The predicted molar refractivity (Wildman–Crippen MR) is 63.6 cm³/mol. The molecule has 0 aliphatic carbocycles. The molecule has 0 N–H and O–H groups in total. The molecule has 0 saturated heterocycles. The summed E-state index contributed by atoms with van der Waals surface area (Å²) in [6.45, 7) is 3.97. The minimum atomic E-state index is -4.59. The van der Waals surface area contributed by atoms with Crippen molar-refractivity contribution >= 4 is 22.5 Å². The van der Waals surface area contributed by atoms with E-state index in [2.05, 4.69) is 9.97 Å². The van der Waals surface area contributed by atoms with Crippen molar-refractivity contribution in [2.75, 3.05) is 0 Å². The smallest absolute Gasteiger partial charge is 0.224 e. The van der Waals surface area contributed by atoms with Crippen molar-refractivity contribution in [3.8, 4) is 0 Å². The molecule has 96 valence electrons. The van der Waals surface area contributed by atoms with Gasteiger partial charge >= 0.3 is 6.18 Å². The van der Waals surface area contributed by atoms with Crippen LogP contribution < -0.4 is 0 Å². The number of fused-ring (bicyclic) bond motifs is 1. The molecule has 0 saturated carbocycles. The molecule has 6 heteroatoms. The summed E-state index contributed by atoms with van der Waals surface area (Å²) in [6, 6.07) is 5.01. The van der Waals surface area contributed by atoms with Crippen LogP contribution in [-0.4, -0.2) is 9.97 Å². The number of hydrogen-bond donors (Lipinski definition) is 0. The molecule has 0 fully saturated rings. The second kappa shape index (κ2) is 4.39. The van der Waals surface area contributed by atoms with Crippen LogP contribution in [0.4, 0.5) is 13.2 Å². The van der Waals surface area contributed by atoms with E-state index in [0.717, 1.165) is 5.56 Å². The van der Waals surface area contributed by atoms with Crippen LogP contribution in [0.2, 0.25) is 5.15 Å². The maximum atomic E-state index is 12.5. The lowest BCUT2D eigenvalue weighted by atomic mass is 10.0. The number of hydrogen-bond acceptors (Lipinski definition) is 2. The fraction of sp³-hybridized carbons (Fsp3) is 0.333. The standard InChI is InChI=1S/C12H10ClF3N2/c1-6(2)7-3-4-9-8(5-7)10(13)18-11(17-9)12(14,15)16/h3-6H,1-2H3. The van der Waals surface area contributed by atoms with Gasteiger partial charge in [0.1, 0.15) is 5.15 Å². The van der Waals surface area contributed by atoms with E-state index in [0.29, 0.717) is 5.39 Å². The van der Waals surface area contributed by atoms with Crippen molar-refractivity contribution in [2.24, 2.45) is 0 Å². The van der Waals surface area contributed by atoms with Crippen molar-refractivity contribution in [3.05, 3.63) is 34.7 Å². The Morgan fingerprint density at radius 3 is 2.39 bits per heavy atom. The first-order chi connectivity index (χ1) is 8.29. The van der Waals surface area contributed by atoms with Gasteiger partial charge in [-0.15, -0.1) is 0 Å². The summed E-state index contributed by atoms with van der Waals surface area (Å²) in [4.78, 5) is 6.79. The molecular formula is C12H10ClF3N2. The van der Waals surface area contributed by atoms with Gasteiger partial charge in [0.15, 0.2) is 0 Å². The van der Waals surface area contributed by atoms with Crippen molar-refractivity contribution in [2.45, 2.75) is 25.9 Å².